The summed E-state index contributed by atoms with van der Waals surface area (Å²) in [4.78, 5) is 0. The lowest BCUT2D eigenvalue weighted by molar-refractivity contribution is 0.331. The van der Waals surface area contributed by atoms with Crippen LogP contribution in [0.15, 0.2) is 35.4 Å². The van der Waals surface area contributed by atoms with E-state index in [2.05, 4.69) is 92.5 Å². The van der Waals surface area contributed by atoms with E-state index in [1.54, 1.807) is 0 Å². The van der Waals surface area contributed by atoms with Crippen LogP contribution in [0.3, 0.4) is 0 Å². The average Bonchev–Trinajstić information content (AvgIpc) is 3.22. The summed E-state index contributed by atoms with van der Waals surface area (Å²) in [5.41, 5.74) is 10.1. The van der Waals surface area contributed by atoms with Gasteiger partial charge in [0.05, 0.1) is 0 Å². The minimum absolute atomic E-state index is 0.237. The van der Waals surface area contributed by atoms with Gasteiger partial charge in [0, 0.05) is 5.57 Å². The third-order valence-corrected chi connectivity index (χ3v) is 6.90. The third-order valence-electron chi connectivity index (χ3n) is 6.90. The molecular weight excluding hydrogens is 356 g/mol. The van der Waals surface area contributed by atoms with Crippen LogP contribution < -0.4 is 0 Å². The first-order valence-corrected chi connectivity index (χ1v) is 10.7. The molecule has 0 saturated carbocycles. The summed E-state index contributed by atoms with van der Waals surface area (Å²) in [6, 6.07) is 4.90. The average molecular weight is 389 g/mol. The molecule has 2 aliphatic carbocycles. The number of aromatic amines is 1. The monoisotopic (exact) mass is 388 g/mol. The fraction of sp³-hybridized carbons (Fsp3) is 0.480. The molecule has 152 valence electrons. The van der Waals surface area contributed by atoms with Gasteiger partial charge in [-0.1, -0.05) is 58.1 Å². The zero-order valence-corrected chi connectivity index (χ0v) is 18.6. The molecule has 0 unspecified atom stereocenters. The summed E-state index contributed by atoms with van der Waals surface area (Å²) in [5, 5.41) is 14.4. The molecule has 0 bridgehead atoms. The summed E-state index contributed by atoms with van der Waals surface area (Å²) in [7, 11) is 0. The molecular formula is C25H32N4. The van der Waals surface area contributed by atoms with E-state index in [0.29, 0.717) is 5.82 Å². The largest absolute Gasteiger partial charge is 0.200 e. The minimum Gasteiger partial charge on any atom is -0.177 e. The molecule has 0 saturated heterocycles. The van der Waals surface area contributed by atoms with Crippen LogP contribution in [-0.2, 0) is 10.8 Å². The van der Waals surface area contributed by atoms with E-state index in [9.17, 15) is 0 Å². The number of rotatable bonds is 3. The number of H-pyrrole nitrogens is 1. The third kappa shape index (κ3) is 3.73. The van der Waals surface area contributed by atoms with Crippen LogP contribution >= 0.6 is 0 Å². The smallest absolute Gasteiger partial charge is 0.177 e. The van der Waals surface area contributed by atoms with Crippen molar-refractivity contribution in [3.8, 4) is 0 Å². The molecule has 2 aromatic rings. The van der Waals surface area contributed by atoms with Gasteiger partial charge in [0.25, 0.3) is 0 Å². The molecule has 4 rings (SSSR count). The van der Waals surface area contributed by atoms with Crippen molar-refractivity contribution in [1.29, 1.82) is 0 Å². The van der Waals surface area contributed by atoms with Crippen LogP contribution in [0.5, 0.6) is 0 Å². The first kappa shape index (κ1) is 19.8. The maximum Gasteiger partial charge on any atom is 0.200 e. The van der Waals surface area contributed by atoms with Gasteiger partial charge in [-0.15, -0.1) is 10.2 Å². The van der Waals surface area contributed by atoms with Crippen molar-refractivity contribution in [1.82, 2.24) is 20.6 Å². The Bertz CT molecular complexity index is 1020. The Hall–Kier alpha value is -2.49. The lowest BCUT2D eigenvalue weighted by atomic mass is 9.62. The summed E-state index contributed by atoms with van der Waals surface area (Å²) in [5.74, 6) is 0.706. The predicted octanol–water partition coefficient (Wildman–Crippen LogP) is 6.06. The molecule has 1 heterocycles. The van der Waals surface area contributed by atoms with Crippen LogP contribution in [0.1, 0.15) is 88.4 Å². The van der Waals surface area contributed by atoms with Crippen molar-refractivity contribution in [2.24, 2.45) is 0 Å². The number of nitrogens with zero attached hydrogens (tertiary/aromatic N) is 3. The van der Waals surface area contributed by atoms with E-state index in [1.807, 2.05) is 0 Å². The van der Waals surface area contributed by atoms with Gasteiger partial charge in [0.2, 0.25) is 5.82 Å². The van der Waals surface area contributed by atoms with E-state index < -0.39 is 0 Å². The lowest BCUT2D eigenvalue weighted by Gasteiger charge is -2.42. The predicted molar refractivity (Wildman–Crippen MR) is 120 cm³/mol. The number of nitrogens with one attached hydrogen (secondary N) is 1. The van der Waals surface area contributed by atoms with Gasteiger partial charge in [-0.25, -0.2) is 0 Å². The lowest BCUT2D eigenvalue weighted by Crippen LogP contribution is -2.34. The molecule has 1 aromatic carbocycles. The first-order chi connectivity index (χ1) is 13.7. The van der Waals surface area contributed by atoms with Crippen molar-refractivity contribution in [2.75, 3.05) is 0 Å². The molecule has 1 aromatic heterocycles. The van der Waals surface area contributed by atoms with Gasteiger partial charge < -0.3 is 0 Å². The second kappa shape index (κ2) is 7.08. The van der Waals surface area contributed by atoms with E-state index in [4.69, 9.17) is 0 Å². The molecule has 0 atom stereocenters. The Morgan fingerprint density at radius 2 is 1.69 bits per heavy atom. The standard InChI is InChI=1S/C25H32N4/c1-16(18-7-9-19(10-8-18)23-26-28-29-27-23)13-20-15-22-21(14-17(20)2)24(3,4)11-12-25(22,5)6/h7,9,13-15H,8,10-12H2,1-6H3,(H,26,27,28,29)/b16-13-. The van der Waals surface area contributed by atoms with Gasteiger partial charge >= 0.3 is 0 Å². The van der Waals surface area contributed by atoms with Crippen LogP contribution in [-0.4, -0.2) is 20.6 Å². The van der Waals surface area contributed by atoms with E-state index in [-0.39, 0.29) is 10.8 Å². The van der Waals surface area contributed by atoms with E-state index >= 15 is 0 Å². The van der Waals surface area contributed by atoms with Crippen LogP contribution in [0.25, 0.3) is 11.6 Å². The van der Waals surface area contributed by atoms with Crippen LogP contribution in [0.2, 0.25) is 0 Å². The number of tetrazole rings is 1. The maximum absolute atomic E-state index is 4.10. The zero-order chi connectivity index (χ0) is 20.8. The number of hydrogen-bond acceptors (Lipinski definition) is 3. The Labute approximate surface area is 174 Å². The van der Waals surface area contributed by atoms with Crippen LogP contribution in [0, 0.1) is 6.92 Å². The van der Waals surface area contributed by atoms with Gasteiger partial charge in [-0.3, -0.25) is 0 Å². The second-order valence-electron chi connectivity index (χ2n) is 9.97. The second-order valence-corrected chi connectivity index (χ2v) is 9.97. The van der Waals surface area contributed by atoms with Crippen molar-refractivity contribution in [2.45, 2.75) is 78.1 Å². The Morgan fingerprint density at radius 1 is 1.00 bits per heavy atom. The van der Waals surface area contributed by atoms with E-state index in [0.717, 1.165) is 18.4 Å². The first-order valence-electron chi connectivity index (χ1n) is 10.7. The molecule has 2 aliphatic rings. The van der Waals surface area contributed by atoms with Crippen molar-refractivity contribution >= 4 is 11.6 Å². The molecule has 29 heavy (non-hydrogen) atoms. The van der Waals surface area contributed by atoms with Gasteiger partial charge in [0.1, 0.15) is 0 Å². The highest BCUT2D eigenvalue weighted by Crippen LogP contribution is 2.46. The quantitative estimate of drug-likeness (QED) is 0.695. The fourth-order valence-electron chi connectivity index (χ4n) is 4.67. The summed E-state index contributed by atoms with van der Waals surface area (Å²) in [6.07, 6.45) is 11.2. The SMILES string of the molecule is C/C(=C/c1cc2c(cc1C)C(C)(C)CCC2(C)C)C1=CC=C(c2nn[nH]n2)CC1. The number of aryl methyl sites for hydroxylation is 1. The summed E-state index contributed by atoms with van der Waals surface area (Å²) in [6.45, 7) is 14.0. The van der Waals surface area contributed by atoms with E-state index in [1.165, 1.54) is 46.2 Å². The maximum atomic E-state index is 4.10. The van der Waals surface area contributed by atoms with Crippen LogP contribution in [0.4, 0.5) is 0 Å². The Kier molecular flexibility index (Phi) is 4.84. The zero-order valence-electron chi connectivity index (χ0n) is 18.6. The summed E-state index contributed by atoms with van der Waals surface area (Å²) < 4.78 is 0. The number of hydrogen-bond donors (Lipinski definition) is 1. The molecule has 0 fully saturated rings. The Balaban J connectivity index is 1.68. The Morgan fingerprint density at radius 3 is 2.28 bits per heavy atom. The molecule has 4 heteroatoms. The van der Waals surface area contributed by atoms with Crippen molar-refractivity contribution in [3.63, 3.8) is 0 Å². The fourth-order valence-corrected chi connectivity index (χ4v) is 4.67. The molecule has 0 aliphatic heterocycles. The van der Waals surface area contributed by atoms with Gasteiger partial charge in [0.15, 0.2) is 0 Å². The number of allylic oxidation sites excluding steroid dienone is 5. The highest BCUT2D eigenvalue weighted by molar-refractivity contribution is 5.68. The molecule has 0 amide bonds. The molecule has 1 N–H and O–H groups in total. The molecule has 0 spiro atoms. The normalized spacial score (nSPS) is 20.7. The van der Waals surface area contributed by atoms with Gasteiger partial charge in [-0.05, 0) is 89.0 Å². The number of benzene rings is 1. The molecule has 0 radical (unpaired) electrons. The highest BCUT2D eigenvalue weighted by atomic mass is 15.5. The minimum atomic E-state index is 0.237. The van der Waals surface area contributed by atoms with Crippen molar-refractivity contribution < 1.29 is 0 Å². The molecule has 4 nitrogen and oxygen atoms in total. The summed E-state index contributed by atoms with van der Waals surface area (Å²) >= 11 is 0. The van der Waals surface area contributed by atoms with Gasteiger partial charge in [-0.2, -0.15) is 5.21 Å². The number of fused-ring (bicyclic) bond motifs is 1. The topological polar surface area (TPSA) is 54.5 Å². The van der Waals surface area contributed by atoms with Crippen molar-refractivity contribution in [3.05, 3.63) is 63.5 Å². The highest BCUT2D eigenvalue weighted by Gasteiger charge is 2.37. The number of aromatic nitrogens is 4.